The smallest absolute Gasteiger partial charge is 0.116 e. The lowest BCUT2D eigenvalue weighted by Gasteiger charge is -2.11. The molecule has 0 fully saturated rings. The van der Waals surface area contributed by atoms with Crippen LogP contribution in [0.3, 0.4) is 0 Å². The zero-order chi connectivity index (χ0) is 29.2. The van der Waals surface area contributed by atoms with E-state index in [4.69, 9.17) is 0 Å². The van der Waals surface area contributed by atoms with Crippen LogP contribution in [-0.4, -0.2) is 23.8 Å². The molecule has 1 atom stereocenters. The van der Waals surface area contributed by atoms with E-state index in [-0.39, 0.29) is 11.7 Å². The Morgan fingerprint density at radius 2 is 1.52 bits per heavy atom. The van der Waals surface area contributed by atoms with Crippen LogP contribution in [0, 0.1) is 0 Å². The topological polar surface area (TPSA) is 53.1 Å². The Morgan fingerprint density at radius 3 is 2.29 bits per heavy atom. The van der Waals surface area contributed by atoms with Gasteiger partial charge in [-0.3, -0.25) is 0 Å². The van der Waals surface area contributed by atoms with E-state index < -0.39 is 0 Å². The van der Waals surface area contributed by atoms with Gasteiger partial charge in [0, 0.05) is 59.6 Å². The molecule has 0 aliphatic carbocycles. The Morgan fingerprint density at radius 1 is 0.786 bits per heavy atom. The van der Waals surface area contributed by atoms with E-state index >= 15 is 0 Å². The SMILES string of the molecule is CC(/C=c1/c(=C\c2ccc(N(C)C)cc2)c2cc(O)ccc2n1C)c1ccc(N=Nc2cccc3ccccc23)cc1. The average molecular weight is 551 g/mol. The fraction of sp³-hybridized carbons (Fsp3) is 0.135. The minimum atomic E-state index is 0.147. The molecule has 1 aromatic heterocycles. The highest BCUT2D eigenvalue weighted by atomic mass is 16.3. The third kappa shape index (κ3) is 5.41. The Hall–Kier alpha value is -5.16. The molecular formula is C37H34N4O. The van der Waals surface area contributed by atoms with Crippen molar-refractivity contribution in [3.63, 3.8) is 0 Å². The fourth-order valence-electron chi connectivity index (χ4n) is 5.45. The molecule has 208 valence electrons. The third-order valence-corrected chi connectivity index (χ3v) is 7.86. The largest absolute Gasteiger partial charge is 0.508 e. The van der Waals surface area contributed by atoms with Crippen molar-refractivity contribution in [3.05, 3.63) is 131 Å². The van der Waals surface area contributed by atoms with Crippen LogP contribution in [0.4, 0.5) is 17.1 Å². The maximum atomic E-state index is 10.3. The fourth-order valence-corrected chi connectivity index (χ4v) is 5.45. The van der Waals surface area contributed by atoms with Crippen LogP contribution in [-0.2, 0) is 7.05 Å². The van der Waals surface area contributed by atoms with Gasteiger partial charge in [-0.1, -0.05) is 73.7 Å². The summed E-state index contributed by atoms with van der Waals surface area (Å²) in [5.41, 5.74) is 6.21. The summed E-state index contributed by atoms with van der Waals surface area (Å²) in [6, 6.07) is 36.7. The van der Waals surface area contributed by atoms with Crippen LogP contribution in [0.2, 0.25) is 0 Å². The number of phenols is 1. The van der Waals surface area contributed by atoms with Crippen molar-refractivity contribution >= 4 is 50.9 Å². The predicted molar refractivity (Wildman–Crippen MR) is 176 cm³/mol. The Bertz CT molecular complexity index is 2030. The minimum absolute atomic E-state index is 0.147. The van der Waals surface area contributed by atoms with E-state index in [2.05, 4.69) is 100 Å². The Labute approximate surface area is 246 Å². The molecule has 6 rings (SSSR count). The summed E-state index contributed by atoms with van der Waals surface area (Å²) in [7, 11) is 6.17. The molecule has 0 aliphatic heterocycles. The number of rotatable bonds is 6. The van der Waals surface area contributed by atoms with Crippen molar-refractivity contribution in [2.75, 3.05) is 19.0 Å². The number of aromatic nitrogens is 1. The summed E-state index contributed by atoms with van der Waals surface area (Å²) < 4.78 is 2.21. The first kappa shape index (κ1) is 27.0. The number of benzene rings is 5. The first-order valence-corrected chi connectivity index (χ1v) is 14.2. The van der Waals surface area contributed by atoms with Crippen LogP contribution in [0.15, 0.2) is 119 Å². The molecule has 5 nitrogen and oxygen atoms in total. The van der Waals surface area contributed by atoms with Gasteiger partial charge in [0.2, 0.25) is 0 Å². The van der Waals surface area contributed by atoms with Crippen molar-refractivity contribution in [3.8, 4) is 5.75 Å². The summed E-state index contributed by atoms with van der Waals surface area (Å²) in [4.78, 5) is 2.09. The monoisotopic (exact) mass is 550 g/mol. The highest BCUT2D eigenvalue weighted by Gasteiger charge is 2.10. The summed E-state index contributed by atoms with van der Waals surface area (Å²) in [6.07, 6.45) is 4.50. The highest BCUT2D eigenvalue weighted by molar-refractivity contribution is 5.92. The van der Waals surface area contributed by atoms with Gasteiger partial charge in [-0.2, -0.15) is 5.11 Å². The molecule has 0 radical (unpaired) electrons. The second-order valence-corrected chi connectivity index (χ2v) is 10.9. The van der Waals surface area contributed by atoms with Gasteiger partial charge in [0.25, 0.3) is 0 Å². The number of anilines is 1. The van der Waals surface area contributed by atoms with Gasteiger partial charge in [-0.25, -0.2) is 0 Å². The minimum Gasteiger partial charge on any atom is -0.508 e. The number of fused-ring (bicyclic) bond motifs is 2. The number of hydrogen-bond donors (Lipinski definition) is 1. The van der Waals surface area contributed by atoms with E-state index in [1.165, 1.54) is 5.56 Å². The van der Waals surface area contributed by atoms with E-state index in [0.29, 0.717) is 0 Å². The summed E-state index contributed by atoms with van der Waals surface area (Å²) in [5.74, 6) is 0.410. The van der Waals surface area contributed by atoms with Crippen molar-refractivity contribution in [1.82, 2.24) is 4.57 Å². The van der Waals surface area contributed by atoms with Gasteiger partial charge in [-0.15, -0.1) is 5.11 Å². The van der Waals surface area contributed by atoms with Crippen LogP contribution in [0.1, 0.15) is 24.0 Å². The average Bonchev–Trinajstić information content (AvgIpc) is 3.25. The molecule has 5 heteroatoms. The Kier molecular flexibility index (Phi) is 7.32. The molecular weight excluding hydrogens is 516 g/mol. The zero-order valence-electron chi connectivity index (χ0n) is 24.4. The van der Waals surface area contributed by atoms with Crippen molar-refractivity contribution in [2.45, 2.75) is 12.8 Å². The molecule has 0 spiro atoms. The number of nitrogens with zero attached hydrogens (tertiary/aromatic N) is 4. The first-order valence-electron chi connectivity index (χ1n) is 14.2. The van der Waals surface area contributed by atoms with E-state index in [1.54, 1.807) is 6.07 Å². The number of azo groups is 1. The molecule has 1 heterocycles. The molecule has 0 bridgehead atoms. The normalized spacial score (nSPS) is 13.4. The first-order chi connectivity index (χ1) is 20.4. The highest BCUT2D eigenvalue weighted by Crippen LogP contribution is 2.28. The number of phenolic OH excluding ortho intramolecular Hbond substituents is 1. The summed E-state index contributed by atoms with van der Waals surface area (Å²) in [6.45, 7) is 2.21. The molecule has 42 heavy (non-hydrogen) atoms. The van der Waals surface area contributed by atoms with Gasteiger partial charge in [0.1, 0.15) is 5.75 Å². The lowest BCUT2D eigenvalue weighted by Crippen LogP contribution is -2.28. The molecule has 0 saturated carbocycles. The standard InChI is InChI=1S/C37H34N4O/c1-25(27-14-16-29(17-15-27)38-39-35-11-7-9-28-8-5-6-10-32(28)35)22-37-33(23-26-12-18-30(19-13-26)40(2)3)34-24-31(42)20-21-36(34)41(37)4/h5-25,42H,1-4H3/b33-23-,37-22-,39-38?. The van der Waals surface area contributed by atoms with Crippen LogP contribution in [0.5, 0.6) is 5.75 Å². The second-order valence-electron chi connectivity index (χ2n) is 10.9. The van der Waals surface area contributed by atoms with Crippen LogP contribution < -0.4 is 15.5 Å². The van der Waals surface area contributed by atoms with Gasteiger partial charge in [0.15, 0.2) is 0 Å². The molecule has 6 aromatic rings. The van der Waals surface area contributed by atoms with Crippen molar-refractivity contribution < 1.29 is 5.11 Å². The van der Waals surface area contributed by atoms with E-state index in [1.807, 2.05) is 62.6 Å². The summed E-state index contributed by atoms with van der Waals surface area (Å²) in [5, 5.41) is 24.8. The lowest BCUT2D eigenvalue weighted by atomic mass is 10.00. The number of hydrogen-bond acceptors (Lipinski definition) is 4. The van der Waals surface area contributed by atoms with Crippen LogP contribution >= 0.6 is 0 Å². The quantitative estimate of drug-likeness (QED) is 0.214. The molecule has 1 unspecified atom stereocenters. The van der Waals surface area contributed by atoms with Crippen LogP contribution in [0.25, 0.3) is 33.8 Å². The van der Waals surface area contributed by atoms with Gasteiger partial charge in [-0.05, 0) is 71.1 Å². The molecule has 0 aliphatic rings. The Balaban J connectivity index is 1.35. The van der Waals surface area contributed by atoms with E-state index in [0.717, 1.165) is 54.9 Å². The van der Waals surface area contributed by atoms with Gasteiger partial charge in [0.05, 0.1) is 11.4 Å². The van der Waals surface area contributed by atoms with Gasteiger partial charge >= 0.3 is 0 Å². The molecule has 5 aromatic carbocycles. The second kappa shape index (κ2) is 11.4. The summed E-state index contributed by atoms with van der Waals surface area (Å²) >= 11 is 0. The predicted octanol–water partition coefficient (Wildman–Crippen LogP) is 7.93. The van der Waals surface area contributed by atoms with Crippen molar-refractivity contribution in [1.29, 1.82) is 0 Å². The van der Waals surface area contributed by atoms with E-state index in [9.17, 15) is 5.11 Å². The molecule has 0 amide bonds. The van der Waals surface area contributed by atoms with Gasteiger partial charge < -0.3 is 14.6 Å². The van der Waals surface area contributed by atoms with Crippen molar-refractivity contribution in [2.24, 2.45) is 17.3 Å². The number of aryl methyl sites for hydroxylation is 1. The maximum Gasteiger partial charge on any atom is 0.116 e. The third-order valence-electron chi connectivity index (χ3n) is 7.86. The zero-order valence-corrected chi connectivity index (χ0v) is 24.4. The number of aromatic hydroxyl groups is 1. The molecule has 0 saturated heterocycles. The molecule has 1 N–H and O–H groups in total. The maximum absolute atomic E-state index is 10.3. The lowest BCUT2D eigenvalue weighted by molar-refractivity contribution is 0.476.